The Morgan fingerprint density at radius 3 is 2.75 bits per heavy atom. The van der Waals surface area contributed by atoms with Gasteiger partial charge in [0.2, 0.25) is 0 Å². The molecule has 16 heavy (non-hydrogen) atoms. The summed E-state index contributed by atoms with van der Waals surface area (Å²) < 4.78 is 1.10. The quantitative estimate of drug-likeness (QED) is 0.861. The summed E-state index contributed by atoms with van der Waals surface area (Å²) in [6, 6.07) is 8.74. The monoisotopic (exact) mass is 283 g/mol. The first kappa shape index (κ1) is 12.0. The molecule has 0 saturated carbocycles. The Kier molecular flexibility index (Phi) is 3.97. The highest BCUT2D eigenvalue weighted by Gasteiger charge is 2.25. The molecule has 2 unspecified atom stereocenters. The summed E-state index contributed by atoms with van der Waals surface area (Å²) in [4.78, 5) is 2.34. The van der Waals surface area contributed by atoms with Gasteiger partial charge in [-0.1, -0.05) is 28.1 Å². The van der Waals surface area contributed by atoms with Crippen molar-refractivity contribution in [2.24, 2.45) is 5.73 Å². The van der Waals surface area contributed by atoms with Crippen LogP contribution >= 0.6 is 15.9 Å². The van der Waals surface area contributed by atoms with Crippen LogP contribution < -0.4 is 11.1 Å². The second kappa shape index (κ2) is 5.27. The number of piperazine rings is 1. The van der Waals surface area contributed by atoms with Crippen molar-refractivity contribution in [1.29, 1.82) is 0 Å². The summed E-state index contributed by atoms with van der Waals surface area (Å²) in [5.41, 5.74) is 7.51. The average molecular weight is 284 g/mol. The van der Waals surface area contributed by atoms with Crippen molar-refractivity contribution < 1.29 is 0 Å². The molecule has 3 nitrogen and oxygen atoms in total. The van der Waals surface area contributed by atoms with E-state index in [0.717, 1.165) is 24.1 Å². The minimum atomic E-state index is 0.0749. The molecule has 0 aliphatic carbocycles. The fourth-order valence-electron chi connectivity index (χ4n) is 2.14. The molecule has 2 rings (SSSR count). The highest BCUT2D eigenvalue weighted by Crippen LogP contribution is 2.20. The zero-order valence-corrected chi connectivity index (χ0v) is 11.1. The van der Waals surface area contributed by atoms with E-state index in [1.54, 1.807) is 0 Å². The molecular weight excluding hydrogens is 266 g/mol. The first-order chi connectivity index (χ1) is 7.68. The van der Waals surface area contributed by atoms with Gasteiger partial charge in [0.15, 0.2) is 0 Å². The van der Waals surface area contributed by atoms with Crippen molar-refractivity contribution in [3.05, 3.63) is 34.3 Å². The third kappa shape index (κ3) is 2.63. The van der Waals surface area contributed by atoms with Crippen LogP contribution in [-0.4, -0.2) is 37.6 Å². The van der Waals surface area contributed by atoms with Crippen molar-refractivity contribution in [3.8, 4) is 0 Å². The average Bonchev–Trinajstić information content (AvgIpc) is 2.30. The molecular formula is C12H18BrN3. The fourth-order valence-corrected chi connectivity index (χ4v) is 2.40. The predicted molar refractivity (Wildman–Crippen MR) is 70.4 cm³/mol. The normalized spacial score (nSPS) is 24.3. The van der Waals surface area contributed by atoms with Crippen LogP contribution in [0.15, 0.2) is 28.7 Å². The van der Waals surface area contributed by atoms with Crippen molar-refractivity contribution in [2.75, 3.05) is 26.7 Å². The lowest BCUT2D eigenvalue weighted by Gasteiger charge is -2.37. The van der Waals surface area contributed by atoms with Crippen LogP contribution in [0.3, 0.4) is 0 Å². The Labute approximate surface area is 105 Å². The molecule has 0 radical (unpaired) electrons. The molecule has 0 spiro atoms. The number of halogens is 1. The zero-order chi connectivity index (χ0) is 11.5. The third-order valence-corrected chi connectivity index (χ3v) is 3.76. The Bertz CT molecular complexity index is 339. The number of nitrogens with zero attached hydrogens (tertiary/aromatic N) is 1. The maximum atomic E-state index is 6.31. The van der Waals surface area contributed by atoms with E-state index >= 15 is 0 Å². The second-order valence-corrected chi connectivity index (χ2v) is 5.25. The number of nitrogens with one attached hydrogen (secondary N) is 1. The van der Waals surface area contributed by atoms with E-state index in [2.05, 4.69) is 45.3 Å². The molecule has 0 aromatic heterocycles. The van der Waals surface area contributed by atoms with E-state index in [1.807, 2.05) is 12.1 Å². The van der Waals surface area contributed by atoms with Crippen LogP contribution in [0.1, 0.15) is 11.6 Å². The Morgan fingerprint density at radius 2 is 2.12 bits per heavy atom. The standard InChI is InChI=1S/C12H18BrN3/c1-16-7-6-15-8-11(16)12(14)9-2-4-10(13)5-3-9/h2-5,11-12,15H,6-8,14H2,1H3. The molecule has 4 heteroatoms. The smallest absolute Gasteiger partial charge is 0.0465 e. The molecule has 1 aliphatic heterocycles. The van der Waals surface area contributed by atoms with Gasteiger partial charge in [0.25, 0.3) is 0 Å². The van der Waals surface area contributed by atoms with Crippen molar-refractivity contribution in [1.82, 2.24) is 10.2 Å². The van der Waals surface area contributed by atoms with Gasteiger partial charge in [0.1, 0.15) is 0 Å². The minimum absolute atomic E-state index is 0.0749. The zero-order valence-electron chi connectivity index (χ0n) is 9.49. The predicted octanol–water partition coefficient (Wildman–Crippen LogP) is 1.35. The lowest BCUT2D eigenvalue weighted by molar-refractivity contribution is 0.174. The van der Waals surface area contributed by atoms with Gasteiger partial charge in [-0.3, -0.25) is 4.90 Å². The van der Waals surface area contributed by atoms with E-state index in [0.29, 0.717) is 6.04 Å². The summed E-state index contributed by atoms with van der Waals surface area (Å²) in [6.45, 7) is 3.09. The topological polar surface area (TPSA) is 41.3 Å². The number of hydrogen-bond acceptors (Lipinski definition) is 3. The van der Waals surface area contributed by atoms with E-state index in [1.165, 1.54) is 5.56 Å². The molecule has 1 aromatic carbocycles. The van der Waals surface area contributed by atoms with Crippen LogP contribution in [0, 0.1) is 0 Å². The minimum Gasteiger partial charge on any atom is -0.323 e. The van der Waals surface area contributed by atoms with Gasteiger partial charge < -0.3 is 11.1 Å². The van der Waals surface area contributed by atoms with Gasteiger partial charge in [0.05, 0.1) is 0 Å². The number of benzene rings is 1. The van der Waals surface area contributed by atoms with Crippen LogP contribution in [0.4, 0.5) is 0 Å². The van der Waals surface area contributed by atoms with E-state index in [9.17, 15) is 0 Å². The van der Waals surface area contributed by atoms with E-state index < -0.39 is 0 Å². The second-order valence-electron chi connectivity index (χ2n) is 4.33. The molecule has 1 fully saturated rings. The lowest BCUT2D eigenvalue weighted by atomic mass is 9.98. The molecule has 1 aromatic rings. The SMILES string of the molecule is CN1CCNCC1C(N)c1ccc(Br)cc1. The number of hydrogen-bond donors (Lipinski definition) is 2. The summed E-state index contributed by atoms with van der Waals surface area (Å²) >= 11 is 3.44. The van der Waals surface area contributed by atoms with Crippen LogP contribution in [0.25, 0.3) is 0 Å². The molecule has 0 bridgehead atoms. The molecule has 1 aliphatic rings. The van der Waals surface area contributed by atoms with Gasteiger partial charge in [-0.25, -0.2) is 0 Å². The summed E-state index contributed by atoms with van der Waals surface area (Å²) in [5.74, 6) is 0. The molecule has 1 heterocycles. The Balaban J connectivity index is 2.11. The van der Waals surface area contributed by atoms with Gasteiger partial charge in [-0.15, -0.1) is 0 Å². The third-order valence-electron chi connectivity index (χ3n) is 3.23. The van der Waals surface area contributed by atoms with E-state index in [4.69, 9.17) is 5.73 Å². The van der Waals surface area contributed by atoms with Crippen molar-refractivity contribution >= 4 is 15.9 Å². The van der Waals surface area contributed by atoms with Gasteiger partial charge >= 0.3 is 0 Å². The first-order valence-corrected chi connectivity index (χ1v) is 6.40. The number of nitrogens with two attached hydrogens (primary N) is 1. The maximum absolute atomic E-state index is 6.31. The van der Waals surface area contributed by atoms with Gasteiger partial charge in [0, 0.05) is 36.2 Å². The van der Waals surface area contributed by atoms with Gasteiger partial charge in [-0.2, -0.15) is 0 Å². The van der Waals surface area contributed by atoms with Crippen molar-refractivity contribution in [2.45, 2.75) is 12.1 Å². The fraction of sp³-hybridized carbons (Fsp3) is 0.500. The first-order valence-electron chi connectivity index (χ1n) is 5.60. The molecule has 88 valence electrons. The summed E-state index contributed by atoms with van der Waals surface area (Å²) in [5, 5.41) is 3.40. The Hall–Kier alpha value is -0.420. The molecule has 1 saturated heterocycles. The molecule has 2 atom stereocenters. The largest absolute Gasteiger partial charge is 0.323 e. The maximum Gasteiger partial charge on any atom is 0.0465 e. The highest BCUT2D eigenvalue weighted by atomic mass is 79.9. The summed E-state index contributed by atoms with van der Waals surface area (Å²) in [7, 11) is 2.14. The summed E-state index contributed by atoms with van der Waals surface area (Å²) in [6.07, 6.45) is 0. The highest BCUT2D eigenvalue weighted by molar-refractivity contribution is 9.10. The van der Waals surface area contributed by atoms with Crippen molar-refractivity contribution in [3.63, 3.8) is 0 Å². The number of rotatable bonds is 2. The number of likely N-dealkylation sites (N-methyl/N-ethyl adjacent to an activating group) is 1. The van der Waals surface area contributed by atoms with Gasteiger partial charge in [-0.05, 0) is 24.7 Å². The van der Waals surface area contributed by atoms with Crippen LogP contribution in [0.2, 0.25) is 0 Å². The molecule has 0 amide bonds. The van der Waals surface area contributed by atoms with E-state index in [-0.39, 0.29) is 6.04 Å². The lowest BCUT2D eigenvalue weighted by Crippen LogP contribution is -2.53. The van der Waals surface area contributed by atoms with Crippen LogP contribution in [-0.2, 0) is 0 Å². The molecule has 3 N–H and O–H groups in total. The van der Waals surface area contributed by atoms with Crippen LogP contribution in [0.5, 0.6) is 0 Å². The Morgan fingerprint density at radius 1 is 1.44 bits per heavy atom.